The van der Waals surface area contributed by atoms with Crippen molar-refractivity contribution in [3.05, 3.63) is 35.9 Å². The topological polar surface area (TPSA) is 743 Å². The van der Waals surface area contributed by atoms with E-state index in [1.165, 1.54) is 30.6 Å². The minimum Gasteiger partial charge on any atom is -0.481 e. The molecule has 3 heterocycles. The first kappa shape index (κ1) is 118. The lowest BCUT2D eigenvalue weighted by molar-refractivity contribution is -0.142. The molecule has 3 aliphatic rings. The molecule has 137 heavy (non-hydrogen) atoms. The van der Waals surface area contributed by atoms with E-state index < -0.39 is 261 Å². The Balaban J connectivity index is 1.60. The largest absolute Gasteiger partial charge is 0.481 e. The van der Waals surface area contributed by atoms with Crippen LogP contribution in [-0.4, -0.2) is 306 Å². The van der Waals surface area contributed by atoms with Gasteiger partial charge in [-0.3, -0.25) is 101 Å². The number of hydrogen-bond acceptors (Lipinski definition) is 27. The summed E-state index contributed by atoms with van der Waals surface area (Å²) >= 11 is 0. The third-order valence-corrected chi connectivity index (χ3v) is 24.0. The zero-order valence-electron chi connectivity index (χ0n) is 79.8. The number of aliphatic carboxylic acids is 1. The first-order valence-electron chi connectivity index (χ1n) is 48.3. The van der Waals surface area contributed by atoms with Crippen LogP contribution in [0.1, 0.15) is 245 Å². The highest BCUT2D eigenvalue weighted by Gasteiger charge is 2.42. The zero-order chi connectivity index (χ0) is 101. The fraction of sp³-hybridized carbons (Fsp3) is 0.714. The molecule has 3 aliphatic heterocycles. The van der Waals surface area contributed by atoms with Gasteiger partial charge in [0.25, 0.3) is 0 Å². The molecule has 0 radical (unpaired) electrons. The average Bonchev–Trinajstić information content (AvgIpc) is 1.62. The first-order chi connectivity index (χ1) is 65.4. The number of carboxylic acid groups (broad SMARTS) is 1. The quantitative estimate of drug-likeness (QED) is 0.0165. The SMILES string of the molecule is CCC(C)C1NC(=O)[C@H](CCCCN)NC(=O)C(CO)NC(=O)[C@@H](NCC(=O)[C@@H](NC(=O)[C@@H]2CCC(=O)NC[C@H](NC(=O)CNC(=O)[C@@H](N)CCCCNC(=O)CCCCCCCCCCCCCCCCC(=O)O)C(=O)N[C@@H](CCCN=C(N)N)C(=O)N[C@@H](Cc3ccccc3)C(=O)NCC(=O)N[C@@H]([C@@H](C)O)C(=O)N2)[C@@H](C)O)CCCCNC(=O)CC(C(=O)N2CCCC2C(=O)CN)NC1=O. The second kappa shape index (κ2) is 66.1. The second-order valence-corrected chi connectivity index (χ2v) is 35.4. The Hall–Kier alpha value is -11.5. The number of likely N-dealkylation sites (tertiary alicyclic amines) is 1. The molecular weight excluding hydrogens is 1780 g/mol. The summed E-state index contributed by atoms with van der Waals surface area (Å²) in [5.41, 5.74) is 29.4. The molecule has 1 aromatic carbocycles. The molecule has 770 valence electrons. The van der Waals surface area contributed by atoms with Crippen molar-refractivity contribution < 1.29 is 112 Å². The maximum Gasteiger partial charge on any atom is 0.303 e. The summed E-state index contributed by atoms with van der Waals surface area (Å²) in [6.45, 7) is 1.07. The molecule has 3 fully saturated rings. The standard InChI is InChI=1S/C91H153N23O23/c1-5-55(2)77-88(135)109-65(90(137)114-46-30-37-68(114)69(118)49-93)48-73(122)98-44-28-25-34-60(82(129)110-67(54-115)87(134)106-61(84(131)112-77)35-23-26-42-92)100-51-70(119)78(56(3)116)113-85(132)63-40-41-72(121)101-50-66(104-74(123)52-102-80(127)59(94)33-24-27-43-97-71(120)38-21-16-14-12-10-8-6-7-9-11-13-15-17-22-39-76(125)126)86(133)105-62(36-29-45-99-91(95)96)83(130)108-64(47-58-31-19-18-20-32-58)81(128)103-53-75(124)111-79(57(4)117)89(136)107-63/h18-20,31-32,55-57,59-68,77-79,100,115-117H,5-17,21-30,33-54,92-94H2,1-4H3,(H,97,120)(H,98,122)(H,101,121)(H,102,127)(H,103,128)(H,104,123)(H,105,133)(H,106,134)(H,107,136)(H,108,130)(H,109,135)(H,110,129)(H,111,124)(H,112,131)(H,113,132)(H,125,126)(H4,95,96,99)/t55?,56-,57-,59+,60+,61+,62+,63+,64+,65?,66+,67?,68?,77?,78+,79+/m1/s1. The Morgan fingerprint density at radius 1 is 0.555 bits per heavy atom. The Labute approximate surface area is 800 Å². The summed E-state index contributed by atoms with van der Waals surface area (Å²) in [5, 5.41) is 82.4. The molecule has 46 heteroatoms. The first-order valence-corrected chi connectivity index (χ1v) is 48.3. The van der Waals surface area contributed by atoms with Gasteiger partial charge in [0, 0.05) is 58.4 Å². The molecule has 46 nitrogen and oxygen atoms in total. The van der Waals surface area contributed by atoms with E-state index in [2.05, 4.69) is 90.1 Å². The molecule has 0 spiro atoms. The van der Waals surface area contributed by atoms with Crippen LogP contribution >= 0.6 is 0 Å². The van der Waals surface area contributed by atoms with Gasteiger partial charge in [-0.1, -0.05) is 128 Å². The summed E-state index contributed by atoms with van der Waals surface area (Å²) in [4.78, 5) is 270. The maximum absolute atomic E-state index is 14.8. The van der Waals surface area contributed by atoms with Gasteiger partial charge in [0.05, 0.1) is 69.5 Å². The van der Waals surface area contributed by atoms with Crippen molar-refractivity contribution >= 4 is 118 Å². The van der Waals surface area contributed by atoms with Crippen LogP contribution in [0.4, 0.5) is 0 Å². The number of amides is 16. The number of carbonyl (C=O) groups excluding carboxylic acids is 18. The summed E-state index contributed by atoms with van der Waals surface area (Å²) in [5.74, 6) is -18.2. The van der Waals surface area contributed by atoms with E-state index in [1.54, 1.807) is 44.2 Å². The van der Waals surface area contributed by atoms with E-state index in [4.69, 9.17) is 33.8 Å². The van der Waals surface area contributed by atoms with Crippen molar-refractivity contribution in [3.63, 3.8) is 0 Å². The van der Waals surface area contributed by atoms with Crippen molar-refractivity contribution in [2.75, 3.05) is 72.1 Å². The smallest absolute Gasteiger partial charge is 0.303 e. The molecule has 30 N–H and O–H groups in total. The minimum atomic E-state index is -1.96. The lowest BCUT2D eigenvalue weighted by atomic mass is 9.96. The molecule has 0 aliphatic carbocycles. The van der Waals surface area contributed by atoms with Gasteiger partial charge in [0.2, 0.25) is 94.5 Å². The van der Waals surface area contributed by atoms with Gasteiger partial charge in [0.1, 0.15) is 60.4 Å². The number of carboxylic acids is 1. The van der Waals surface area contributed by atoms with Crippen LogP contribution in [0.2, 0.25) is 0 Å². The molecule has 16 amide bonds. The molecule has 0 saturated carbocycles. The minimum absolute atomic E-state index is 0.00644. The number of rotatable bonds is 50. The fourth-order valence-electron chi connectivity index (χ4n) is 15.7. The van der Waals surface area contributed by atoms with Crippen molar-refractivity contribution in [1.29, 1.82) is 0 Å². The number of aliphatic hydroxyl groups is 3. The lowest BCUT2D eigenvalue weighted by Crippen LogP contribution is -2.61. The fourth-order valence-corrected chi connectivity index (χ4v) is 15.7. The number of ketones is 2. The van der Waals surface area contributed by atoms with Gasteiger partial charge in [-0.25, -0.2) is 0 Å². The Morgan fingerprint density at radius 3 is 1.76 bits per heavy atom. The molecule has 5 unspecified atom stereocenters. The van der Waals surface area contributed by atoms with E-state index in [0.29, 0.717) is 50.6 Å². The highest BCUT2D eigenvalue weighted by atomic mass is 16.4. The van der Waals surface area contributed by atoms with Crippen LogP contribution in [0.25, 0.3) is 0 Å². The number of nitrogens with zero attached hydrogens (tertiary/aromatic N) is 2. The van der Waals surface area contributed by atoms with Gasteiger partial charge in [-0.05, 0) is 135 Å². The van der Waals surface area contributed by atoms with Crippen molar-refractivity contribution in [3.8, 4) is 0 Å². The van der Waals surface area contributed by atoms with E-state index in [9.17, 15) is 106 Å². The molecule has 3 saturated heterocycles. The number of aliphatic hydroxyl groups excluding tert-OH is 3. The van der Waals surface area contributed by atoms with Crippen LogP contribution in [-0.2, 0) is 97.5 Å². The van der Waals surface area contributed by atoms with Crippen LogP contribution in [0.15, 0.2) is 35.3 Å². The highest BCUT2D eigenvalue weighted by molar-refractivity contribution is 6.01. The van der Waals surface area contributed by atoms with Gasteiger partial charge in [0.15, 0.2) is 17.5 Å². The number of benzene rings is 1. The Bertz CT molecular complexity index is 4090. The predicted octanol–water partition coefficient (Wildman–Crippen LogP) is -5.12. The van der Waals surface area contributed by atoms with E-state index >= 15 is 0 Å². The monoisotopic (exact) mass is 1940 g/mol. The Kier molecular flexibility index (Phi) is 56.9. The van der Waals surface area contributed by atoms with E-state index in [1.807, 2.05) is 0 Å². The molecule has 0 aromatic heterocycles. The van der Waals surface area contributed by atoms with Crippen molar-refractivity contribution in [2.24, 2.45) is 39.6 Å². The zero-order valence-corrected chi connectivity index (χ0v) is 79.8. The molecule has 0 bridgehead atoms. The molecule has 16 atom stereocenters. The van der Waals surface area contributed by atoms with Crippen molar-refractivity contribution in [1.82, 2.24) is 90.0 Å². The number of Topliss-reactive ketones (excluding diaryl/α,β-unsaturated/α-hetero) is 2. The number of unbranched alkanes of at least 4 members (excludes halogenated alkanes) is 15. The van der Waals surface area contributed by atoms with Crippen LogP contribution < -0.4 is 114 Å². The summed E-state index contributed by atoms with van der Waals surface area (Å²) < 4.78 is 0. The number of hydrogen-bond donors (Lipinski definition) is 25. The normalized spacial score (nSPS) is 22.6. The number of nitrogens with two attached hydrogens (primary N) is 5. The van der Waals surface area contributed by atoms with E-state index in [-0.39, 0.29) is 109 Å². The average molecular weight is 1940 g/mol. The number of nitrogens with one attached hydrogen (secondary N) is 16. The molecule has 1 aromatic rings. The van der Waals surface area contributed by atoms with Gasteiger partial charge in [-0.15, -0.1) is 0 Å². The van der Waals surface area contributed by atoms with Gasteiger partial charge >= 0.3 is 5.97 Å². The third-order valence-electron chi connectivity index (χ3n) is 24.0. The van der Waals surface area contributed by atoms with Crippen LogP contribution in [0.5, 0.6) is 0 Å². The van der Waals surface area contributed by atoms with Crippen LogP contribution in [0.3, 0.4) is 0 Å². The van der Waals surface area contributed by atoms with Crippen molar-refractivity contribution in [2.45, 2.75) is 337 Å². The van der Waals surface area contributed by atoms with Gasteiger partial charge in [-0.2, -0.15) is 0 Å². The van der Waals surface area contributed by atoms with Gasteiger partial charge < -0.3 is 134 Å². The highest BCUT2D eigenvalue weighted by Crippen LogP contribution is 2.22. The van der Waals surface area contributed by atoms with Crippen LogP contribution in [0, 0.1) is 5.92 Å². The molecule has 4 rings (SSSR count). The third kappa shape index (κ3) is 46.5. The van der Waals surface area contributed by atoms with E-state index in [0.717, 1.165) is 78.1 Å². The summed E-state index contributed by atoms with van der Waals surface area (Å²) in [7, 11) is 0. The second-order valence-electron chi connectivity index (χ2n) is 35.4. The maximum atomic E-state index is 14.8. The Morgan fingerprint density at radius 2 is 1.15 bits per heavy atom. The summed E-state index contributed by atoms with van der Waals surface area (Å²) in [6.07, 6.45) is 11.5. The lowest BCUT2D eigenvalue weighted by Gasteiger charge is -2.31. The number of carbonyl (C=O) groups is 19. The number of aliphatic imine (C=N–C) groups is 1. The summed E-state index contributed by atoms with van der Waals surface area (Å²) in [6, 6.07) is -12.3. The number of guanidine groups is 1. The predicted molar refractivity (Wildman–Crippen MR) is 504 cm³/mol. The molecular formula is C91H153N23O23.